The molecular formula is C33H32F3NO6. The van der Waals surface area contributed by atoms with E-state index >= 15 is 0 Å². The fraction of sp³-hybridized carbons (Fsp3) is 0.394. The highest BCUT2D eigenvalue weighted by Crippen LogP contribution is 2.47. The number of carbonyl (C=O) groups is 2. The first-order valence-corrected chi connectivity index (χ1v) is 14.4. The van der Waals surface area contributed by atoms with E-state index < -0.39 is 17.8 Å². The zero-order valence-electron chi connectivity index (χ0n) is 23.7. The normalized spacial score (nSPS) is 19.7. The number of ether oxygens (including phenoxy) is 4. The van der Waals surface area contributed by atoms with Crippen molar-refractivity contribution in [2.24, 2.45) is 0 Å². The predicted octanol–water partition coefficient (Wildman–Crippen LogP) is 6.39. The fourth-order valence-electron chi connectivity index (χ4n) is 6.20. The number of alkyl halides is 3. The summed E-state index contributed by atoms with van der Waals surface area (Å²) >= 11 is 0. The lowest BCUT2D eigenvalue weighted by Crippen LogP contribution is -2.38. The van der Waals surface area contributed by atoms with Gasteiger partial charge in [-0.1, -0.05) is 24.3 Å². The van der Waals surface area contributed by atoms with E-state index in [0.717, 1.165) is 24.5 Å². The molecule has 0 bridgehead atoms. The van der Waals surface area contributed by atoms with Gasteiger partial charge in [-0.05, 0) is 72.2 Å². The zero-order chi connectivity index (χ0) is 30.1. The molecule has 0 saturated carbocycles. The van der Waals surface area contributed by atoms with E-state index in [1.807, 2.05) is 6.07 Å². The van der Waals surface area contributed by atoms with Crippen molar-refractivity contribution in [3.63, 3.8) is 0 Å². The van der Waals surface area contributed by atoms with Crippen LogP contribution < -0.4 is 14.8 Å². The second-order valence-electron chi connectivity index (χ2n) is 11.1. The van der Waals surface area contributed by atoms with Gasteiger partial charge in [0.2, 0.25) is 0 Å². The number of halogens is 3. The van der Waals surface area contributed by atoms with E-state index in [2.05, 4.69) is 5.32 Å². The first kappa shape index (κ1) is 29.0. The van der Waals surface area contributed by atoms with Crippen molar-refractivity contribution in [1.29, 1.82) is 0 Å². The third kappa shape index (κ3) is 6.06. The average molecular weight is 596 g/mol. The van der Waals surface area contributed by atoms with Gasteiger partial charge < -0.3 is 24.3 Å². The van der Waals surface area contributed by atoms with Gasteiger partial charge in [-0.15, -0.1) is 0 Å². The molecule has 7 nitrogen and oxygen atoms in total. The standard InChI is InChI=1S/C33H32F3NO6/c1-40-30(38)16-21-18-42-29-17-23(6-7-24(21)29)43-28-11-9-26-25(28)8-10-27(33(34,35)36)31(26)19-2-4-20(5-3-19)32(39)37-22-12-14-41-15-13-22/h2-8,10,17,21-22,28H,9,11-16,18H2,1H3,(H,37,39). The molecule has 2 aliphatic heterocycles. The maximum Gasteiger partial charge on any atom is 0.417 e. The molecule has 2 atom stereocenters. The molecule has 6 rings (SSSR count). The number of amides is 1. The number of carbonyl (C=O) groups excluding carboxylic acids is 2. The summed E-state index contributed by atoms with van der Waals surface area (Å²) in [7, 11) is 1.35. The Kier molecular flexibility index (Phi) is 8.05. The van der Waals surface area contributed by atoms with E-state index in [1.165, 1.54) is 13.2 Å². The smallest absolute Gasteiger partial charge is 0.417 e. The highest BCUT2D eigenvalue weighted by atomic mass is 19.4. The minimum absolute atomic E-state index is 0.0191. The van der Waals surface area contributed by atoms with Crippen molar-refractivity contribution in [3.05, 3.63) is 82.4 Å². The van der Waals surface area contributed by atoms with Gasteiger partial charge in [-0.25, -0.2) is 0 Å². The maximum atomic E-state index is 14.2. The molecule has 226 valence electrons. The monoisotopic (exact) mass is 595 g/mol. The van der Waals surface area contributed by atoms with Crippen molar-refractivity contribution in [3.8, 4) is 22.6 Å². The Morgan fingerprint density at radius 2 is 1.72 bits per heavy atom. The SMILES string of the molecule is COC(=O)CC1COc2cc(OC3CCc4c3ccc(C(F)(F)F)c4-c3ccc(C(=O)NC4CCOCC4)cc3)ccc21. The van der Waals surface area contributed by atoms with Gasteiger partial charge >= 0.3 is 12.1 Å². The van der Waals surface area contributed by atoms with E-state index in [-0.39, 0.29) is 35.8 Å². The number of methoxy groups -OCH3 is 1. The van der Waals surface area contributed by atoms with Crippen LogP contribution in [-0.2, 0) is 26.9 Å². The fourth-order valence-corrected chi connectivity index (χ4v) is 6.20. The summed E-state index contributed by atoms with van der Waals surface area (Å²) in [6.07, 6.45) is -2.40. The third-order valence-electron chi connectivity index (χ3n) is 8.43. The van der Waals surface area contributed by atoms with Crippen LogP contribution in [0.1, 0.15) is 70.3 Å². The molecule has 1 amide bonds. The molecule has 1 fully saturated rings. The van der Waals surface area contributed by atoms with E-state index in [9.17, 15) is 22.8 Å². The van der Waals surface area contributed by atoms with Crippen molar-refractivity contribution in [2.75, 3.05) is 26.9 Å². The van der Waals surface area contributed by atoms with Crippen LogP contribution >= 0.6 is 0 Å². The summed E-state index contributed by atoms with van der Waals surface area (Å²) in [5.74, 6) is 0.490. The molecule has 0 spiro atoms. The molecule has 2 heterocycles. The molecule has 43 heavy (non-hydrogen) atoms. The van der Waals surface area contributed by atoms with Crippen LogP contribution in [0.2, 0.25) is 0 Å². The molecule has 3 aromatic rings. The van der Waals surface area contributed by atoms with Crippen LogP contribution in [0.25, 0.3) is 11.1 Å². The van der Waals surface area contributed by atoms with Crippen molar-refractivity contribution in [2.45, 2.75) is 56.3 Å². The Bertz CT molecular complexity index is 1510. The predicted molar refractivity (Wildman–Crippen MR) is 151 cm³/mol. The van der Waals surface area contributed by atoms with Gasteiger partial charge in [0.15, 0.2) is 0 Å². The highest BCUT2D eigenvalue weighted by molar-refractivity contribution is 5.95. The van der Waals surface area contributed by atoms with Gasteiger partial charge in [0.25, 0.3) is 5.91 Å². The molecule has 1 aliphatic carbocycles. The number of rotatable bonds is 7. The number of nitrogens with one attached hydrogen (secondary N) is 1. The Labute approximate surface area is 247 Å². The summed E-state index contributed by atoms with van der Waals surface area (Å²) in [4.78, 5) is 24.5. The van der Waals surface area contributed by atoms with Crippen LogP contribution in [0.4, 0.5) is 13.2 Å². The summed E-state index contributed by atoms with van der Waals surface area (Å²) < 4.78 is 64.9. The van der Waals surface area contributed by atoms with Gasteiger partial charge in [0.05, 0.1) is 25.7 Å². The summed E-state index contributed by atoms with van der Waals surface area (Å²) in [5, 5.41) is 2.98. The van der Waals surface area contributed by atoms with Crippen molar-refractivity contribution >= 4 is 11.9 Å². The molecule has 2 unspecified atom stereocenters. The first-order chi connectivity index (χ1) is 20.7. The van der Waals surface area contributed by atoms with Crippen LogP contribution in [0, 0.1) is 0 Å². The topological polar surface area (TPSA) is 83.1 Å². The minimum atomic E-state index is -4.56. The number of fused-ring (bicyclic) bond motifs is 2. The number of hydrogen-bond donors (Lipinski definition) is 1. The van der Waals surface area contributed by atoms with Crippen molar-refractivity contribution < 1.29 is 41.7 Å². The number of hydrogen-bond acceptors (Lipinski definition) is 6. The number of esters is 1. The lowest BCUT2D eigenvalue weighted by Gasteiger charge is -2.23. The molecule has 0 radical (unpaired) electrons. The first-order valence-electron chi connectivity index (χ1n) is 14.4. The van der Waals surface area contributed by atoms with Gasteiger partial charge in [-0.2, -0.15) is 13.2 Å². The molecule has 10 heteroatoms. The van der Waals surface area contributed by atoms with Gasteiger partial charge in [0, 0.05) is 42.4 Å². The summed E-state index contributed by atoms with van der Waals surface area (Å²) in [5.41, 5.74) is 2.39. The Hall–Kier alpha value is -4.05. The Morgan fingerprint density at radius 1 is 0.977 bits per heavy atom. The maximum absolute atomic E-state index is 14.2. The lowest BCUT2D eigenvalue weighted by atomic mass is 9.91. The summed E-state index contributed by atoms with van der Waals surface area (Å²) in [6, 6.07) is 14.4. The largest absolute Gasteiger partial charge is 0.492 e. The van der Waals surface area contributed by atoms with Crippen LogP contribution in [0.5, 0.6) is 11.5 Å². The van der Waals surface area contributed by atoms with Crippen molar-refractivity contribution in [1.82, 2.24) is 5.32 Å². The molecule has 3 aromatic carbocycles. The van der Waals surface area contributed by atoms with Crippen LogP contribution in [0.15, 0.2) is 54.6 Å². The molecule has 3 aliphatic rings. The Morgan fingerprint density at radius 3 is 2.44 bits per heavy atom. The van der Waals surface area contributed by atoms with Crippen LogP contribution in [-0.4, -0.2) is 44.8 Å². The van der Waals surface area contributed by atoms with E-state index in [0.29, 0.717) is 66.4 Å². The second-order valence-corrected chi connectivity index (χ2v) is 11.1. The van der Waals surface area contributed by atoms with Gasteiger partial charge in [0.1, 0.15) is 17.6 Å². The lowest BCUT2D eigenvalue weighted by molar-refractivity contribution is -0.141. The molecular weight excluding hydrogens is 563 g/mol. The molecule has 1 saturated heterocycles. The highest BCUT2D eigenvalue weighted by Gasteiger charge is 2.38. The van der Waals surface area contributed by atoms with E-state index in [4.69, 9.17) is 18.9 Å². The average Bonchev–Trinajstić information content (AvgIpc) is 3.60. The quantitative estimate of drug-likeness (QED) is 0.319. The van der Waals surface area contributed by atoms with E-state index in [1.54, 1.807) is 36.4 Å². The minimum Gasteiger partial charge on any atom is -0.492 e. The molecule has 1 N–H and O–H groups in total. The van der Waals surface area contributed by atoms with Crippen LogP contribution in [0.3, 0.4) is 0 Å². The van der Waals surface area contributed by atoms with Gasteiger partial charge in [-0.3, -0.25) is 9.59 Å². The Balaban J connectivity index is 1.24. The third-order valence-corrected chi connectivity index (χ3v) is 8.43. The molecule has 0 aromatic heterocycles. The summed E-state index contributed by atoms with van der Waals surface area (Å²) in [6.45, 7) is 1.54. The second kappa shape index (κ2) is 11.9. The number of benzene rings is 3. The zero-order valence-corrected chi connectivity index (χ0v) is 23.7.